The molecular formula is C16H18N2O5. The standard InChI is InChI=1S/C16H18N2O5/c19-5-13-11-3-1-2-10(11)12(4-17-8-22)16(14(13)6-20)15(7-21)18-9-23/h15,19-21H,1-7H2. The Labute approximate surface area is 133 Å². The van der Waals surface area contributed by atoms with E-state index in [1.807, 2.05) is 0 Å². The van der Waals surface area contributed by atoms with Gasteiger partial charge in [-0.05, 0) is 52.6 Å². The molecule has 7 nitrogen and oxygen atoms in total. The third kappa shape index (κ3) is 3.15. The van der Waals surface area contributed by atoms with Crippen molar-refractivity contribution in [3.8, 4) is 0 Å². The number of isocyanates is 2. The Hall–Kier alpha value is -2.14. The molecular weight excluding hydrogens is 300 g/mol. The molecule has 1 aromatic carbocycles. The number of aliphatic imine (C=N–C) groups is 2. The molecule has 1 aromatic rings. The van der Waals surface area contributed by atoms with E-state index in [0.29, 0.717) is 22.3 Å². The maximum Gasteiger partial charge on any atom is 0.235 e. The largest absolute Gasteiger partial charge is 0.394 e. The van der Waals surface area contributed by atoms with Crippen LogP contribution in [0.4, 0.5) is 0 Å². The number of aliphatic hydroxyl groups is 3. The lowest BCUT2D eigenvalue weighted by molar-refractivity contribution is 0.248. The molecule has 1 unspecified atom stereocenters. The van der Waals surface area contributed by atoms with Crippen LogP contribution in [0.5, 0.6) is 0 Å². The van der Waals surface area contributed by atoms with E-state index in [2.05, 4.69) is 9.98 Å². The van der Waals surface area contributed by atoms with Gasteiger partial charge in [-0.2, -0.15) is 4.99 Å². The van der Waals surface area contributed by atoms with Gasteiger partial charge in [0.05, 0.1) is 26.4 Å². The smallest absolute Gasteiger partial charge is 0.235 e. The summed E-state index contributed by atoms with van der Waals surface area (Å²) in [5.74, 6) is 0. The minimum absolute atomic E-state index is 0.0325. The Morgan fingerprint density at radius 2 is 1.61 bits per heavy atom. The van der Waals surface area contributed by atoms with Crippen LogP contribution >= 0.6 is 0 Å². The van der Waals surface area contributed by atoms with Crippen molar-refractivity contribution in [3.05, 3.63) is 33.4 Å². The first-order valence-electron chi connectivity index (χ1n) is 7.34. The Morgan fingerprint density at radius 3 is 2.13 bits per heavy atom. The van der Waals surface area contributed by atoms with Crippen LogP contribution in [0.3, 0.4) is 0 Å². The number of aliphatic hydroxyl groups excluding tert-OH is 3. The van der Waals surface area contributed by atoms with E-state index in [1.54, 1.807) is 0 Å². The van der Waals surface area contributed by atoms with Gasteiger partial charge in [-0.15, -0.1) is 0 Å². The van der Waals surface area contributed by atoms with Crippen LogP contribution in [0.25, 0.3) is 0 Å². The Morgan fingerprint density at radius 1 is 0.957 bits per heavy atom. The molecule has 0 fully saturated rings. The number of nitrogens with zero attached hydrogens (tertiary/aromatic N) is 2. The van der Waals surface area contributed by atoms with Crippen molar-refractivity contribution < 1.29 is 24.9 Å². The van der Waals surface area contributed by atoms with Crippen LogP contribution in [0.1, 0.15) is 45.8 Å². The summed E-state index contributed by atoms with van der Waals surface area (Å²) in [5, 5.41) is 29.1. The number of hydrogen-bond acceptors (Lipinski definition) is 7. The highest BCUT2D eigenvalue weighted by molar-refractivity contribution is 5.56. The van der Waals surface area contributed by atoms with E-state index >= 15 is 0 Å². The summed E-state index contributed by atoms with van der Waals surface area (Å²) in [6.45, 7) is -1.05. The average Bonchev–Trinajstić information content (AvgIpc) is 3.05. The molecule has 122 valence electrons. The maximum atomic E-state index is 10.7. The summed E-state index contributed by atoms with van der Waals surface area (Å²) in [5.41, 5.74) is 4.04. The van der Waals surface area contributed by atoms with Gasteiger partial charge in [-0.25, -0.2) is 14.6 Å². The van der Waals surface area contributed by atoms with Crippen molar-refractivity contribution in [1.82, 2.24) is 0 Å². The second-order valence-corrected chi connectivity index (χ2v) is 5.30. The van der Waals surface area contributed by atoms with Crippen molar-refractivity contribution >= 4 is 12.2 Å². The van der Waals surface area contributed by atoms with E-state index in [9.17, 15) is 24.9 Å². The van der Waals surface area contributed by atoms with Gasteiger partial charge < -0.3 is 15.3 Å². The predicted octanol–water partition coefficient (Wildman–Crippen LogP) is 0.365. The SMILES string of the molecule is O=C=NCc1c2c(c(CO)c(CO)c1C(CO)N=C=O)CCC2. The van der Waals surface area contributed by atoms with E-state index in [-0.39, 0.29) is 19.8 Å². The van der Waals surface area contributed by atoms with E-state index in [0.717, 1.165) is 30.4 Å². The highest BCUT2D eigenvalue weighted by Gasteiger charge is 2.29. The Bertz CT molecular complexity index is 688. The average molecular weight is 318 g/mol. The van der Waals surface area contributed by atoms with Gasteiger partial charge in [0.25, 0.3) is 0 Å². The summed E-state index contributed by atoms with van der Waals surface area (Å²) in [7, 11) is 0. The zero-order chi connectivity index (χ0) is 16.8. The molecule has 0 aromatic heterocycles. The number of fused-ring (bicyclic) bond motifs is 1. The Balaban J connectivity index is 2.83. The summed E-state index contributed by atoms with van der Waals surface area (Å²) in [6, 6.07) is -0.914. The van der Waals surface area contributed by atoms with Gasteiger partial charge >= 0.3 is 0 Å². The fourth-order valence-electron chi connectivity index (χ4n) is 3.43. The molecule has 0 saturated heterocycles. The van der Waals surface area contributed by atoms with Gasteiger partial charge in [0.2, 0.25) is 12.2 Å². The topological polar surface area (TPSA) is 120 Å². The molecule has 0 amide bonds. The summed E-state index contributed by atoms with van der Waals surface area (Å²) < 4.78 is 0. The molecule has 0 spiro atoms. The first-order chi connectivity index (χ1) is 11.2. The third-order valence-corrected chi connectivity index (χ3v) is 4.29. The van der Waals surface area contributed by atoms with Gasteiger partial charge in [0, 0.05) is 0 Å². The fraction of sp³-hybridized carbons (Fsp3) is 0.500. The van der Waals surface area contributed by atoms with Crippen molar-refractivity contribution in [3.63, 3.8) is 0 Å². The van der Waals surface area contributed by atoms with Gasteiger partial charge in [-0.3, -0.25) is 0 Å². The number of benzene rings is 1. The highest BCUT2D eigenvalue weighted by atomic mass is 16.3. The fourth-order valence-corrected chi connectivity index (χ4v) is 3.43. The zero-order valence-electron chi connectivity index (χ0n) is 12.6. The molecule has 0 radical (unpaired) electrons. The molecule has 0 heterocycles. The van der Waals surface area contributed by atoms with Crippen molar-refractivity contribution in [2.24, 2.45) is 9.98 Å². The summed E-state index contributed by atoms with van der Waals surface area (Å²) >= 11 is 0. The lowest BCUT2D eigenvalue weighted by atomic mass is 9.85. The second-order valence-electron chi connectivity index (χ2n) is 5.30. The predicted molar refractivity (Wildman–Crippen MR) is 80.1 cm³/mol. The minimum atomic E-state index is -0.914. The van der Waals surface area contributed by atoms with Crippen LogP contribution in [-0.4, -0.2) is 34.1 Å². The van der Waals surface area contributed by atoms with Crippen molar-refractivity contribution in [2.45, 2.75) is 45.1 Å². The lowest BCUT2D eigenvalue weighted by Crippen LogP contribution is -2.15. The molecule has 1 atom stereocenters. The van der Waals surface area contributed by atoms with Crippen molar-refractivity contribution in [2.75, 3.05) is 6.61 Å². The van der Waals surface area contributed by atoms with Gasteiger partial charge in [0.15, 0.2) is 0 Å². The molecule has 0 aliphatic heterocycles. The molecule has 0 saturated carbocycles. The second kappa shape index (κ2) is 7.92. The maximum absolute atomic E-state index is 10.7. The molecule has 3 N–H and O–H groups in total. The highest BCUT2D eigenvalue weighted by Crippen LogP contribution is 2.38. The quantitative estimate of drug-likeness (QED) is 0.495. The first kappa shape index (κ1) is 17.2. The van der Waals surface area contributed by atoms with Crippen molar-refractivity contribution in [1.29, 1.82) is 0 Å². The van der Waals surface area contributed by atoms with Crippen LogP contribution in [0.15, 0.2) is 9.98 Å². The van der Waals surface area contributed by atoms with Gasteiger partial charge in [0.1, 0.15) is 6.04 Å². The summed E-state index contributed by atoms with van der Waals surface area (Å²) in [6.07, 6.45) is 5.29. The Kier molecular flexibility index (Phi) is 5.93. The van der Waals surface area contributed by atoms with Crippen LogP contribution < -0.4 is 0 Å². The molecule has 1 aliphatic carbocycles. The number of rotatable bonds is 7. The zero-order valence-corrected chi connectivity index (χ0v) is 12.6. The third-order valence-electron chi connectivity index (χ3n) is 4.29. The van der Waals surface area contributed by atoms with Crippen LogP contribution in [0, 0.1) is 0 Å². The molecule has 1 aliphatic rings. The minimum Gasteiger partial charge on any atom is -0.394 e. The first-order valence-corrected chi connectivity index (χ1v) is 7.34. The number of carbonyl (C=O) groups excluding carboxylic acids is 2. The van der Waals surface area contributed by atoms with E-state index in [4.69, 9.17) is 0 Å². The van der Waals surface area contributed by atoms with Crippen LogP contribution in [0.2, 0.25) is 0 Å². The van der Waals surface area contributed by atoms with E-state index < -0.39 is 12.6 Å². The molecule has 0 bridgehead atoms. The monoisotopic (exact) mass is 318 g/mol. The van der Waals surface area contributed by atoms with Gasteiger partial charge in [-0.1, -0.05) is 0 Å². The molecule has 2 rings (SSSR count). The lowest BCUT2D eigenvalue weighted by Gasteiger charge is -2.24. The molecule has 7 heteroatoms. The normalized spacial score (nSPS) is 13.9. The number of hydrogen-bond donors (Lipinski definition) is 3. The van der Waals surface area contributed by atoms with E-state index in [1.165, 1.54) is 12.2 Å². The summed E-state index contributed by atoms with van der Waals surface area (Å²) in [4.78, 5) is 28.4. The molecule has 23 heavy (non-hydrogen) atoms. The van der Waals surface area contributed by atoms with Crippen LogP contribution in [-0.2, 0) is 42.2 Å².